The summed E-state index contributed by atoms with van der Waals surface area (Å²) in [6, 6.07) is 0. The van der Waals surface area contributed by atoms with Crippen LogP contribution in [0, 0.1) is 19.8 Å². The van der Waals surface area contributed by atoms with Gasteiger partial charge in [0.05, 0.1) is 5.39 Å². The minimum atomic E-state index is 0.498. The predicted molar refractivity (Wildman–Crippen MR) is 86.9 cm³/mol. The van der Waals surface area contributed by atoms with Crippen molar-refractivity contribution in [3.8, 4) is 0 Å². The first kappa shape index (κ1) is 14.3. The van der Waals surface area contributed by atoms with Gasteiger partial charge < -0.3 is 0 Å². The van der Waals surface area contributed by atoms with Gasteiger partial charge in [-0.15, -0.1) is 11.3 Å². The van der Waals surface area contributed by atoms with Crippen LogP contribution in [0.4, 0.5) is 0 Å². The second kappa shape index (κ2) is 5.61. The summed E-state index contributed by atoms with van der Waals surface area (Å²) < 4.78 is 0. The third kappa shape index (κ3) is 2.46. The summed E-state index contributed by atoms with van der Waals surface area (Å²) in [5.74, 6) is 2.30. The van der Waals surface area contributed by atoms with Crippen LogP contribution in [0.3, 0.4) is 0 Å². The Kier molecular flexibility index (Phi) is 4.00. The van der Waals surface area contributed by atoms with Gasteiger partial charge in [-0.1, -0.05) is 37.8 Å². The number of fused-ring (bicyclic) bond motifs is 1. The van der Waals surface area contributed by atoms with Crippen molar-refractivity contribution in [1.82, 2.24) is 9.97 Å². The number of aromatic nitrogens is 2. The molecular weight excluding hydrogens is 288 g/mol. The zero-order valence-electron chi connectivity index (χ0n) is 12.4. The molecule has 1 saturated carbocycles. The molecule has 0 aliphatic heterocycles. The fourth-order valence-corrected chi connectivity index (χ4v) is 4.71. The predicted octanol–water partition coefficient (Wildman–Crippen LogP) is 5.65. The van der Waals surface area contributed by atoms with E-state index >= 15 is 0 Å². The molecule has 108 valence electrons. The molecule has 0 bridgehead atoms. The largest absolute Gasteiger partial charge is 0.222 e. The molecule has 2 heterocycles. The zero-order chi connectivity index (χ0) is 14.3. The fraction of sp³-hybridized carbons (Fsp3) is 0.625. The molecule has 2 atom stereocenters. The summed E-state index contributed by atoms with van der Waals surface area (Å²) in [7, 11) is 0. The number of hydrogen-bond acceptors (Lipinski definition) is 3. The third-order valence-electron chi connectivity index (χ3n) is 4.73. The lowest BCUT2D eigenvalue weighted by Gasteiger charge is -2.27. The second-order valence-corrected chi connectivity index (χ2v) is 7.54. The van der Waals surface area contributed by atoms with Crippen LogP contribution < -0.4 is 0 Å². The van der Waals surface area contributed by atoms with Gasteiger partial charge in [-0.3, -0.25) is 0 Å². The van der Waals surface area contributed by atoms with E-state index < -0.39 is 0 Å². The van der Waals surface area contributed by atoms with Crippen LogP contribution in [-0.2, 0) is 0 Å². The van der Waals surface area contributed by atoms with E-state index in [4.69, 9.17) is 16.6 Å². The molecule has 0 spiro atoms. The van der Waals surface area contributed by atoms with E-state index in [1.165, 1.54) is 42.5 Å². The van der Waals surface area contributed by atoms with Crippen molar-refractivity contribution < 1.29 is 0 Å². The smallest absolute Gasteiger partial charge is 0.141 e. The number of aryl methyl sites for hydroxylation is 2. The standard InChI is InChI=1S/C16H21ClN2S/c1-4-11-6-5-7-12(8-11)15-18-14(17)13-9(2)10(3)20-16(13)19-15/h11-12H,4-8H2,1-3H3. The fourth-order valence-electron chi connectivity index (χ4n) is 3.30. The molecule has 1 aliphatic rings. The maximum atomic E-state index is 6.43. The summed E-state index contributed by atoms with van der Waals surface area (Å²) in [4.78, 5) is 11.8. The normalized spacial score (nSPS) is 23.4. The van der Waals surface area contributed by atoms with Crippen molar-refractivity contribution >= 4 is 33.2 Å². The summed E-state index contributed by atoms with van der Waals surface area (Å²) in [6.45, 7) is 6.53. The van der Waals surface area contributed by atoms with Crippen molar-refractivity contribution in [2.75, 3.05) is 0 Å². The van der Waals surface area contributed by atoms with Gasteiger partial charge in [-0.25, -0.2) is 9.97 Å². The Labute approximate surface area is 129 Å². The molecule has 3 rings (SSSR count). The van der Waals surface area contributed by atoms with Crippen LogP contribution in [0.2, 0.25) is 5.15 Å². The Morgan fingerprint density at radius 2 is 2.05 bits per heavy atom. The lowest BCUT2D eigenvalue weighted by molar-refractivity contribution is 0.307. The summed E-state index contributed by atoms with van der Waals surface area (Å²) in [5.41, 5.74) is 1.23. The molecule has 0 N–H and O–H groups in total. The number of nitrogens with zero attached hydrogens (tertiary/aromatic N) is 2. The molecule has 2 nitrogen and oxygen atoms in total. The summed E-state index contributed by atoms with van der Waals surface area (Å²) in [6.07, 6.45) is 6.36. The van der Waals surface area contributed by atoms with Gasteiger partial charge in [0.2, 0.25) is 0 Å². The lowest BCUT2D eigenvalue weighted by Crippen LogP contribution is -2.15. The number of hydrogen-bond donors (Lipinski definition) is 0. The Bertz CT molecular complexity index is 635. The molecular formula is C16H21ClN2S. The molecule has 0 amide bonds. The van der Waals surface area contributed by atoms with Crippen LogP contribution in [0.1, 0.15) is 61.2 Å². The van der Waals surface area contributed by atoms with Crippen LogP contribution in [0.5, 0.6) is 0 Å². The molecule has 1 aliphatic carbocycles. The van der Waals surface area contributed by atoms with Gasteiger partial charge in [0.1, 0.15) is 15.8 Å². The van der Waals surface area contributed by atoms with Crippen LogP contribution in [0.25, 0.3) is 10.2 Å². The van der Waals surface area contributed by atoms with Gasteiger partial charge in [-0.05, 0) is 38.2 Å². The van der Waals surface area contributed by atoms with Gasteiger partial charge in [0.25, 0.3) is 0 Å². The number of rotatable bonds is 2. The van der Waals surface area contributed by atoms with Gasteiger partial charge in [0, 0.05) is 10.8 Å². The van der Waals surface area contributed by atoms with Crippen LogP contribution >= 0.6 is 22.9 Å². The van der Waals surface area contributed by atoms with E-state index in [1.807, 2.05) is 0 Å². The molecule has 0 aromatic carbocycles. The van der Waals surface area contributed by atoms with E-state index in [-0.39, 0.29) is 0 Å². The van der Waals surface area contributed by atoms with Crippen molar-refractivity contribution in [3.63, 3.8) is 0 Å². The summed E-state index contributed by atoms with van der Waals surface area (Å²) >= 11 is 8.17. The highest BCUT2D eigenvalue weighted by molar-refractivity contribution is 7.18. The van der Waals surface area contributed by atoms with Gasteiger partial charge in [0.15, 0.2) is 0 Å². The van der Waals surface area contributed by atoms with Gasteiger partial charge >= 0.3 is 0 Å². The first-order valence-electron chi connectivity index (χ1n) is 7.53. The number of halogens is 1. The highest BCUT2D eigenvalue weighted by Gasteiger charge is 2.25. The monoisotopic (exact) mass is 308 g/mol. The van der Waals surface area contributed by atoms with Crippen molar-refractivity contribution in [2.45, 2.75) is 58.8 Å². The average molecular weight is 309 g/mol. The van der Waals surface area contributed by atoms with Crippen LogP contribution in [0.15, 0.2) is 0 Å². The lowest BCUT2D eigenvalue weighted by atomic mass is 9.80. The minimum absolute atomic E-state index is 0.498. The molecule has 2 aromatic heterocycles. The van der Waals surface area contributed by atoms with E-state index in [0.29, 0.717) is 11.1 Å². The Morgan fingerprint density at radius 1 is 1.25 bits per heavy atom. The Hall–Kier alpha value is -0.670. The highest BCUT2D eigenvalue weighted by Crippen LogP contribution is 2.39. The minimum Gasteiger partial charge on any atom is -0.222 e. The molecule has 20 heavy (non-hydrogen) atoms. The van der Waals surface area contributed by atoms with E-state index in [1.54, 1.807) is 11.3 Å². The Balaban J connectivity index is 2.00. The number of thiophene rings is 1. The maximum absolute atomic E-state index is 6.43. The van der Waals surface area contributed by atoms with Crippen molar-refractivity contribution in [1.29, 1.82) is 0 Å². The summed E-state index contributed by atoms with van der Waals surface area (Å²) in [5, 5.41) is 1.70. The second-order valence-electron chi connectivity index (χ2n) is 5.97. The topological polar surface area (TPSA) is 25.8 Å². The molecule has 1 fully saturated rings. The SMILES string of the molecule is CCC1CCCC(c2nc(Cl)c3c(C)c(C)sc3n2)C1. The molecule has 0 radical (unpaired) electrons. The third-order valence-corrected chi connectivity index (χ3v) is 6.10. The van der Waals surface area contributed by atoms with E-state index in [0.717, 1.165) is 22.0 Å². The molecule has 4 heteroatoms. The van der Waals surface area contributed by atoms with Crippen molar-refractivity contribution in [3.05, 3.63) is 21.4 Å². The first-order valence-corrected chi connectivity index (χ1v) is 8.72. The van der Waals surface area contributed by atoms with Crippen LogP contribution in [-0.4, -0.2) is 9.97 Å². The first-order chi connectivity index (χ1) is 9.60. The molecule has 2 aromatic rings. The molecule has 0 saturated heterocycles. The van der Waals surface area contributed by atoms with E-state index in [9.17, 15) is 0 Å². The van der Waals surface area contributed by atoms with Crippen molar-refractivity contribution in [2.24, 2.45) is 5.92 Å². The van der Waals surface area contributed by atoms with E-state index in [2.05, 4.69) is 25.8 Å². The highest BCUT2D eigenvalue weighted by atomic mass is 35.5. The zero-order valence-corrected chi connectivity index (χ0v) is 13.9. The maximum Gasteiger partial charge on any atom is 0.141 e. The molecule has 2 unspecified atom stereocenters. The quantitative estimate of drug-likeness (QED) is 0.670. The average Bonchev–Trinajstić information content (AvgIpc) is 2.74. The Morgan fingerprint density at radius 3 is 2.80 bits per heavy atom. The van der Waals surface area contributed by atoms with Gasteiger partial charge in [-0.2, -0.15) is 0 Å².